The summed E-state index contributed by atoms with van der Waals surface area (Å²) in [6, 6.07) is 3.92. The van der Waals surface area contributed by atoms with Gasteiger partial charge in [0, 0.05) is 25.7 Å². The third kappa shape index (κ3) is 3.92. The molecule has 0 spiro atoms. The number of amides is 1. The van der Waals surface area contributed by atoms with Gasteiger partial charge in [-0.3, -0.25) is 14.9 Å². The van der Waals surface area contributed by atoms with Crippen molar-refractivity contribution in [2.24, 2.45) is 5.92 Å². The molecule has 1 aliphatic heterocycles. The minimum atomic E-state index is -0.530. The van der Waals surface area contributed by atoms with Crippen molar-refractivity contribution in [3.05, 3.63) is 38.9 Å². The number of rotatable bonds is 4. The predicted molar refractivity (Wildman–Crippen MR) is 80.7 cm³/mol. The zero-order valence-electron chi connectivity index (χ0n) is 11.8. The summed E-state index contributed by atoms with van der Waals surface area (Å²) < 4.78 is 0. The van der Waals surface area contributed by atoms with Gasteiger partial charge in [0.2, 0.25) is 0 Å². The van der Waals surface area contributed by atoms with Gasteiger partial charge in [0.05, 0.1) is 15.5 Å². The van der Waals surface area contributed by atoms with Gasteiger partial charge in [-0.05, 0) is 37.9 Å². The number of piperidine rings is 1. The van der Waals surface area contributed by atoms with E-state index in [2.05, 4.69) is 5.32 Å². The van der Waals surface area contributed by atoms with Gasteiger partial charge < -0.3 is 10.2 Å². The van der Waals surface area contributed by atoms with E-state index in [-0.39, 0.29) is 22.2 Å². The molecule has 0 radical (unpaired) electrons. The van der Waals surface area contributed by atoms with E-state index >= 15 is 0 Å². The maximum absolute atomic E-state index is 12.4. The van der Waals surface area contributed by atoms with Gasteiger partial charge in [-0.1, -0.05) is 11.6 Å². The number of nitro benzene ring substituents is 1. The fourth-order valence-corrected chi connectivity index (χ4v) is 2.74. The first kappa shape index (κ1) is 15.7. The summed E-state index contributed by atoms with van der Waals surface area (Å²) in [5.74, 6) is 0.124. The van der Waals surface area contributed by atoms with Crippen LogP contribution in [0.2, 0.25) is 5.02 Å². The third-order valence-corrected chi connectivity index (χ3v) is 4.00. The van der Waals surface area contributed by atoms with Crippen LogP contribution in [-0.4, -0.2) is 42.4 Å². The second-order valence-electron chi connectivity index (χ2n) is 5.32. The number of hydrogen-bond donors (Lipinski definition) is 1. The number of hydrogen-bond acceptors (Lipinski definition) is 4. The van der Waals surface area contributed by atoms with Crippen molar-refractivity contribution in [1.82, 2.24) is 10.2 Å². The van der Waals surface area contributed by atoms with Gasteiger partial charge in [-0.25, -0.2) is 0 Å². The Morgan fingerprint density at radius 3 is 2.95 bits per heavy atom. The Labute approximate surface area is 128 Å². The van der Waals surface area contributed by atoms with E-state index in [1.165, 1.54) is 18.2 Å². The lowest BCUT2D eigenvalue weighted by Crippen LogP contribution is -2.39. The summed E-state index contributed by atoms with van der Waals surface area (Å²) in [6.45, 7) is 2.52. The third-order valence-electron chi connectivity index (χ3n) is 3.67. The highest BCUT2D eigenvalue weighted by Crippen LogP contribution is 2.23. The molecular weight excluding hydrogens is 294 g/mol. The average molecular weight is 312 g/mol. The molecule has 1 amide bonds. The number of carbonyl (C=O) groups excluding carboxylic acids is 1. The van der Waals surface area contributed by atoms with E-state index in [1.807, 2.05) is 0 Å². The number of non-ortho nitro benzene ring substituents is 1. The fourth-order valence-electron chi connectivity index (χ4n) is 2.55. The van der Waals surface area contributed by atoms with Crippen molar-refractivity contribution in [3.63, 3.8) is 0 Å². The van der Waals surface area contributed by atoms with Crippen molar-refractivity contribution < 1.29 is 9.72 Å². The molecule has 2 rings (SSSR count). The highest BCUT2D eigenvalue weighted by atomic mass is 35.5. The Hall–Kier alpha value is -1.66. The minimum Gasteiger partial charge on any atom is -0.341 e. The maximum atomic E-state index is 12.4. The Morgan fingerprint density at radius 1 is 1.57 bits per heavy atom. The van der Waals surface area contributed by atoms with Crippen LogP contribution in [0.15, 0.2) is 18.2 Å². The molecule has 1 aromatic carbocycles. The van der Waals surface area contributed by atoms with Gasteiger partial charge in [-0.15, -0.1) is 0 Å². The smallest absolute Gasteiger partial charge is 0.270 e. The topological polar surface area (TPSA) is 75.5 Å². The molecule has 1 fully saturated rings. The maximum Gasteiger partial charge on any atom is 0.270 e. The van der Waals surface area contributed by atoms with Crippen LogP contribution in [0, 0.1) is 16.0 Å². The van der Waals surface area contributed by atoms with Crippen LogP contribution >= 0.6 is 11.6 Å². The van der Waals surface area contributed by atoms with Gasteiger partial charge in [0.25, 0.3) is 11.6 Å². The van der Waals surface area contributed by atoms with E-state index in [1.54, 1.807) is 11.9 Å². The SMILES string of the molecule is CN(CC1CCCNC1)C(=O)c1cc([N+](=O)[O-])ccc1Cl. The first-order chi connectivity index (χ1) is 9.99. The molecule has 21 heavy (non-hydrogen) atoms. The first-order valence-electron chi connectivity index (χ1n) is 6.89. The summed E-state index contributed by atoms with van der Waals surface area (Å²) in [4.78, 5) is 24.3. The highest BCUT2D eigenvalue weighted by molar-refractivity contribution is 6.33. The molecule has 0 aliphatic carbocycles. The number of nitro groups is 1. The van der Waals surface area contributed by atoms with Crippen molar-refractivity contribution in [1.29, 1.82) is 0 Å². The molecule has 1 heterocycles. The molecule has 0 bridgehead atoms. The highest BCUT2D eigenvalue weighted by Gasteiger charge is 2.22. The second-order valence-corrected chi connectivity index (χ2v) is 5.73. The molecule has 1 N–H and O–H groups in total. The first-order valence-corrected chi connectivity index (χ1v) is 7.27. The zero-order chi connectivity index (χ0) is 15.4. The lowest BCUT2D eigenvalue weighted by atomic mass is 9.99. The van der Waals surface area contributed by atoms with Crippen molar-refractivity contribution >= 4 is 23.2 Å². The molecule has 7 heteroatoms. The van der Waals surface area contributed by atoms with Gasteiger partial charge in [0.15, 0.2) is 0 Å². The Morgan fingerprint density at radius 2 is 2.33 bits per heavy atom. The molecule has 6 nitrogen and oxygen atoms in total. The number of benzene rings is 1. The molecule has 1 atom stereocenters. The molecular formula is C14H18ClN3O3. The quantitative estimate of drug-likeness (QED) is 0.684. The summed E-state index contributed by atoms with van der Waals surface area (Å²) in [5, 5.41) is 14.3. The van der Waals surface area contributed by atoms with Crippen LogP contribution in [-0.2, 0) is 0 Å². The number of nitrogens with one attached hydrogen (secondary N) is 1. The van der Waals surface area contributed by atoms with Crippen molar-refractivity contribution in [2.45, 2.75) is 12.8 Å². The van der Waals surface area contributed by atoms with Crippen LogP contribution in [0.3, 0.4) is 0 Å². The number of nitrogens with zero attached hydrogens (tertiary/aromatic N) is 2. The van der Waals surface area contributed by atoms with Crippen LogP contribution in [0.25, 0.3) is 0 Å². The monoisotopic (exact) mass is 311 g/mol. The van der Waals surface area contributed by atoms with Crippen molar-refractivity contribution in [2.75, 3.05) is 26.7 Å². The minimum absolute atomic E-state index is 0.129. The molecule has 1 unspecified atom stereocenters. The van der Waals surface area contributed by atoms with E-state index < -0.39 is 4.92 Å². The van der Waals surface area contributed by atoms with Crippen LogP contribution in [0.1, 0.15) is 23.2 Å². The molecule has 114 valence electrons. The molecule has 1 saturated heterocycles. The number of halogens is 1. The van der Waals surface area contributed by atoms with E-state index in [0.717, 1.165) is 25.9 Å². The summed E-state index contributed by atoms with van der Waals surface area (Å²) in [7, 11) is 1.70. The lowest BCUT2D eigenvalue weighted by Gasteiger charge is -2.27. The summed E-state index contributed by atoms with van der Waals surface area (Å²) >= 11 is 6.00. The van der Waals surface area contributed by atoms with Gasteiger partial charge in [-0.2, -0.15) is 0 Å². The lowest BCUT2D eigenvalue weighted by molar-refractivity contribution is -0.384. The van der Waals surface area contributed by atoms with E-state index in [9.17, 15) is 14.9 Å². The molecule has 0 saturated carbocycles. The van der Waals surface area contributed by atoms with E-state index in [0.29, 0.717) is 12.5 Å². The second kappa shape index (κ2) is 6.87. The van der Waals surface area contributed by atoms with Crippen molar-refractivity contribution in [3.8, 4) is 0 Å². The predicted octanol–water partition coefficient (Wildman–Crippen LogP) is 2.32. The molecule has 0 aromatic heterocycles. The Balaban J connectivity index is 2.10. The van der Waals surface area contributed by atoms with Crippen LogP contribution in [0.5, 0.6) is 0 Å². The largest absolute Gasteiger partial charge is 0.341 e. The Bertz CT molecular complexity index is 544. The van der Waals surface area contributed by atoms with Crippen LogP contribution in [0.4, 0.5) is 5.69 Å². The van der Waals surface area contributed by atoms with Gasteiger partial charge in [0.1, 0.15) is 0 Å². The zero-order valence-corrected chi connectivity index (χ0v) is 12.6. The standard InChI is InChI=1S/C14H18ClN3O3/c1-17(9-10-3-2-6-16-8-10)14(19)12-7-11(18(20)21)4-5-13(12)15/h4-5,7,10,16H,2-3,6,8-9H2,1H3. The number of carbonyl (C=O) groups is 1. The Kier molecular flexibility index (Phi) is 5.14. The summed E-state index contributed by atoms with van der Waals surface area (Å²) in [5.41, 5.74) is 0.0487. The molecule has 1 aliphatic rings. The average Bonchev–Trinajstić information content (AvgIpc) is 2.47. The van der Waals surface area contributed by atoms with E-state index in [4.69, 9.17) is 11.6 Å². The fraction of sp³-hybridized carbons (Fsp3) is 0.500. The normalized spacial score (nSPS) is 18.3. The van der Waals surface area contributed by atoms with Crippen LogP contribution < -0.4 is 5.32 Å². The van der Waals surface area contributed by atoms with Gasteiger partial charge >= 0.3 is 0 Å². The molecule has 1 aromatic rings. The summed E-state index contributed by atoms with van der Waals surface area (Å²) in [6.07, 6.45) is 2.18.